The lowest BCUT2D eigenvalue weighted by atomic mass is 9.98. The summed E-state index contributed by atoms with van der Waals surface area (Å²) in [4.78, 5) is 48.9. The lowest BCUT2D eigenvalue weighted by Crippen LogP contribution is -2.41. The second kappa shape index (κ2) is 12.7. The Morgan fingerprint density at radius 1 is 0.868 bits per heavy atom. The average molecular weight is 516 g/mol. The molecule has 198 valence electrons. The van der Waals surface area contributed by atoms with Crippen LogP contribution in [-0.4, -0.2) is 29.3 Å². The summed E-state index contributed by atoms with van der Waals surface area (Å²) in [5, 5.41) is 5.25. The second-order valence-electron chi connectivity index (χ2n) is 9.82. The van der Waals surface area contributed by atoms with Crippen molar-refractivity contribution < 1.29 is 23.9 Å². The van der Waals surface area contributed by atoms with Crippen molar-refractivity contribution in [2.45, 2.75) is 52.2 Å². The lowest BCUT2D eigenvalue weighted by Gasteiger charge is -2.18. The van der Waals surface area contributed by atoms with Crippen molar-refractivity contribution in [1.29, 1.82) is 0 Å². The maximum absolute atomic E-state index is 13.1. The number of esters is 1. The minimum atomic E-state index is -0.675. The van der Waals surface area contributed by atoms with Gasteiger partial charge in [0.2, 0.25) is 5.91 Å². The second-order valence-corrected chi connectivity index (χ2v) is 9.82. The first-order valence-electron chi connectivity index (χ1n) is 12.4. The molecule has 3 amide bonds. The number of fused-ring (bicyclic) bond motifs is 1. The van der Waals surface area contributed by atoms with Crippen molar-refractivity contribution in [2.75, 3.05) is 0 Å². The van der Waals surface area contributed by atoms with Crippen LogP contribution in [0.25, 0.3) is 10.8 Å². The average Bonchev–Trinajstić information content (AvgIpc) is 2.88. The van der Waals surface area contributed by atoms with Gasteiger partial charge in [-0.25, -0.2) is 4.79 Å². The van der Waals surface area contributed by atoms with Gasteiger partial charge in [-0.05, 0) is 62.1 Å². The largest absolute Gasteiger partial charge is 0.457 e. The molecule has 0 spiro atoms. The van der Waals surface area contributed by atoms with Crippen LogP contribution in [0.3, 0.4) is 0 Å². The zero-order valence-corrected chi connectivity index (χ0v) is 22.0. The Balaban J connectivity index is 1.55. The van der Waals surface area contributed by atoms with Crippen molar-refractivity contribution in [1.82, 2.24) is 16.2 Å². The van der Waals surface area contributed by atoms with Crippen LogP contribution in [0.4, 0.5) is 0 Å². The van der Waals surface area contributed by atoms with E-state index in [0.29, 0.717) is 17.5 Å². The van der Waals surface area contributed by atoms with E-state index in [9.17, 15) is 19.2 Å². The number of amides is 3. The van der Waals surface area contributed by atoms with Gasteiger partial charge in [-0.15, -0.1) is 0 Å². The normalized spacial score (nSPS) is 12.1. The fourth-order valence-electron chi connectivity index (χ4n) is 3.90. The van der Waals surface area contributed by atoms with Gasteiger partial charge in [0.1, 0.15) is 5.60 Å². The molecular weight excluding hydrogens is 482 g/mol. The molecule has 0 unspecified atom stereocenters. The van der Waals surface area contributed by atoms with Crippen LogP contribution in [0.5, 0.6) is 0 Å². The first-order chi connectivity index (χ1) is 18.0. The number of benzene rings is 3. The number of rotatable bonds is 8. The summed E-state index contributed by atoms with van der Waals surface area (Å²) in [6, 6.07) is 20.9. The number of hydrazine groups is 1. The van der Waals surface area contributed by atoms with Crippen molar-refractivity contribution in [3.05, 3.63) is 95.6 Å². The van der Waals surface area contributed by atoms with Crippen LogP contribution in [0.2, 0.25) is 0 Å². The molecule has 0 aliphatic rings. The molecule has 0 aromatic heterocycles. The van der Waals surface area contributed by atoms with Gasteiger partial charge in [-0.3, -0.25) is 25.2 Å². The van der Waals surface area contributed by atoms with E-state index in [1.54, 1.807) is 45.0 Å². The van der Waals surface area contributed by atoms with Crippen LogP contribution in [0.15, 0.2) is 78.9 Å². The number of hydrogen-bond donors (Lipinski definition) is 3. The highest BCUT2D eigenvalue weighted by Crippen LogP contribution is 2.24. The zero-order chi connectivity index (χ0) is 27.7. The highest BCUT2D eigenvalue weighted by Gasteiger charge is 2.17. The Hall–Kier alpha value is -4.46. The highest BCUT2D eigenvalue weighted by molar-refractivity contribution is 5.97. The van der Waals surface area contributed by atoms with Crippen LogP contribution < -0.4 is 16.2 Å². The van der Waals surface area contributed by atoms with E-state index in [0.717, 1.165) is 28.5 Å². The summed E-state index contributed by atoms with van der Waals surface area (Å²) < 4.78 is 5.07. The smallest absolute Gasteiger partial charge is 0.331 e. The van der Waals surface area contributed by atoms with Crippen molar-refractivity contribution in [3.63, 3.8) is 0 Å². The maximum atomic E-state index is 13.1. The number of aryl methyl sites for hydroxylation is 1. The molecule has 1 atom stereocenters. The summed E-state index contributed by atoms with van der Waals surface area (Å²) in [6.07, 6.45) is 2.30. The monoisotopic (exact) mass is 515 g/mol. The van der Waals surface area contributed by atoms with Crippen molar-refractivity contribution in [3.8, 4) is 0 Å². The van der Waals surface area contributed by atoms with E-state index in [-0.39, 0.29) is 18.4 Å². The lowest BCUT2D eigenvalue weighted by molar-refractivity contribution is -0.148. The first-order valence-corrected chi connectivity index (χ1v) is 12.4. The standard InChI is InChI=1S/C30H33N3O5/c1-20(23-15-9-12-21-10-5-7-13-24(21)23)31-29(37)25-14-8-6-11-22(25)16-17-26(34)32-33-27(35)18-19-28(36)38-30(2,3)4/h5-15,18-20H,16-17H2,1-4H3,(H,31,37)(H,32,34)(H,33,35)/b19-18+/t20-/m1/s1. The van der Waals surface area contributed by atoms with Gasteiger partial charge in [0, 0.05) is 24.1 Å². The Kier molecular flexibility index (Phi) is 9.38. The molecule has 38 heavy (non-hydrogen) atoms. The molecule has 0 bridgehead atoms. The fraction of sp³-hybridized carbons (Fsp3) is 0.267. The minimum absolute atomic E-state index is 0.0409. The molecule has 0 fully saturated rings. The van der Waals surface area contributed by atoms with Gasteiger partial charge in [-0.1, -0.05) is 60.7 Å². The Morgan fingerprint density at radius 3 is 2.32 bits per heavy atom. The van der Waals surface area contributed by atoms with Crippen LogP contribution in [0.1, 0.15) is 61.6 Å². The summed E-state index contributed by atoms with van der Waals surface area (Å²) >= 11 is 0. The van der Waals surface area contributed by atoms with Gasteiger partial charge in [0.25, 0.3) is 11.8 Å². The quantitative estimate of drug-likeness (QED) is 0.235. The van der Waals surface area contributed by atoms with Gasteiger partial charge in [-0.2, -0.15) is 0 Å². The van der Waals surface area contributed by atoms with Gasteiger partial charge >= 0.3 is 5.97 Å². The fourth-order valence-corrected chi connectivity index (χ4v) is 3.90. The topological polar surface area (TPSA) is 114 Å². The molecule has 8 heteroatoms. The van der Waals surface area contributed by atoms with E-state index < -0.39 is 23.4 Å². The highest BCUT2D eigenvalue weighted by atomic mass is 16.6. The molecule has 0 aliphatic heterocycles. The summed E-state index contributed by atoms with van der Waals surface area (Å²) in [5.41, 5.74) is 6.06. The van der Waals surface area contributed by atoms with E-state index in [4.69, 9.17) is 4.74 Å². The summed E-state index contributed by atoms with van der Waals surface area (Å²) in [6.45, 7) is 7.08. The predicted octanol–water partition coefficient (Wildman–Crippen LogP) is 4.31. The molecule has 0 saturated carbocycles. The molecule has 0 aliphatic carbocycles. The predicted molar refractivity (Wildman–Crippen MR) is 146 cm³/mol. The van der Waals surface area contributed by atoms with Crippen molar-refractivity contribution >= 4 is 34.5 Å². The Bertz CT molecular complexity index is 1350. The van der Waals surface area contributed by atoms with Crippen LogP contribution in [-0.2, 0) is 25.5 Å². The minimum Gasteiger partial charge on any atom is -0.457 e. The van der Waals surface area contributed by atoms with Gasteiger partial charge in [0.15, 0.2) is 0 Å². The number of carbonyl (C=O) groups is 4. The number of hydrogen-bond acceptors (Lipinski definition) is 5. The van der Waals surface area contributed by atoms with Crippen LogP contribution in [0, 0.1) is 0 Å². The maximum Gasteiger partial charge on any atom is 0.331 e. The third-order valence-corrected chi connectivity index (χ3v) is 5.62. The number of ether oxygens (including phenoxy) is 1. The molecule has 0 saturated heterocycles. The summed E-state index contributed by atoms with van der Waals surface area (Å²) in [5.74, 6) is -2.01. The Labute approximate surface area is 222 Å². The molecular formula is C30H33N3O5. The summed E-state index contributed by atoms with van der Waals surface area (Å²) in [7, 11) is 0. The molecule has 3 aromatic rings. The Morgan fingerprint density at radius 2 is 1.55 bits per heavy atom. The third kappa shape index (κ3) is 8.30. The molecule has 0 heterocycles. The first kappa shape index (κ1) is 28.1. The van der Waals surface area contributed by atoms with Gasteiger partial charge in [0.05, 0.1) is 6.04 Å². The zero-order valence-electron chi connectivity index (χ0n) is 22.0. The van der Waals surface area contributed by atoms with E-state index in [1.807, 2.05) is 49.4 Å². The van der Waals surface area contributed by atoms with E-state index in [1.165, 1.54) is 0 Å². The van der Waals surface area contributed by atoms with E-state index in [2.05, 4.69) is 16.2 Å². The molecule has 8 nitrogen and oxygen atoms in total. The SMILES string of the molecule is C[C@@H](NC(=O)c1ccccc1CCC(=O)NNC(=O)/C=C/C(=O)OC(C)(C)C)c1cccc2ccccc12. The number of nitrogens with one attached hydrogen (secondary N) is 3. The molecule has 3 N–H and O–H groups in total. The van der Waals surface area contributed by atoms with Crippen LogP contribution >= 0.6 is 0 Å². The molecule has 3 rings (SSSR count). The molecule has 3 aromatic carbocycles. The number of carbonyl (C=O) groups excluding carboxylic acids is 4. The van der Waals surface area contributed by atoms with Crippen molar-refractivity contribution in [2.24, 2.45) is 0 Å². The van der Waals surface area contributed by atoms with E-state index >= 15 is 0 Å². The third-order valence-electron chi connectivity index (χ3n) is 5.62. The van der Waals surface area contributed by atoms with Gasteiger partial charge < -0.3 is 10.1 Å². The molecule has 0 radical (unpaired) electrons.